The fraction of sp³-hybridized carbons (Fsp3) is 0.647. The lowest BCUT2D eigenvalue weighted by Gasteiger charge is -2.32. The Labute approximate surface area is 133 Å². The van der Waals surface area contributed by atoms with Gasteiger partial charge in [-0.05, 0) is 64.3 Å². The van der Waals surface area contributed by atoms with Gasteiger partial charge in [-0.1, -0.05) is 6.07 Å². The number of nitrogens with zero attached hydrogens (tertiary/aromatic N) is 2. The summed E-state index contributed by atoms with van der Waals surface area (Å²) in [4.78, 5) is 18.3. The number of aromatic nitrogens is 1. The first-order valence-electron chi connectivity index (χ1n) is 8.00. The highest BCUT2D eigenvalue weighted by molar-refractivity contribution is 5.67. The SMILES string of the molecule is CC(C)(C)OC(=O)NCC1CCN(Cc2cccnc2)CC1. The summed E-state index contributed by atoms with van der Waals surface area (Å²) in [7, 11) is 0. The molecular formula is C17H27N3O2. The van der Waals surface area contributed by atoms with E-state index >= 15 is 0 Å². The summed E-state index contributed by atoms with van der Waals surface area (Å²) < 4.78 is 5.26. The van der Waals surface area contributed by atoms with Crippen molar-refractivity contribution >= 4 is 6.09 Å². The first kappa shape index (κ1) is 16.7. The molecule has 1 aromatic heterocycles. The van der Waals surface area contributed by atoms with Crippen molar-refractivity contribution in [1.82, 2.24) is 15.2 Å². The topological polar surface area (TPSA) is 54.5 Å². The van der Waals surface area contributed by atoms with Gasteiger partial charge in [0, 0.05) is 25.5 Å². The molecule has 2 heterocycles. The van der Waals surface area contributed by atoms with E-state index in [1.165, 1.54) is 5.56 Å². The molecule has 5 nitrogen and oxygen atoms in total. The molecular weight excluding hydrogens is 278 g/mol. The van der Waals surface area contributed by atoms with Crippen molar-refractivity contribution in [3.8, 4) is 0 Å². The van der Waals surface area contributed by atoms with Crippen molar-refractivity contribution in [2.45, 2.75) is 45.8 Å². The Morgan fingerprint density at radius 3 is 2.73 bits per heavy atom. The molecule has 1 aliphatic rings. The van der Waals surface area contributed by atoms with E-state index < -0.39 is 5.60 Å². The molecule has 2 rings (SSSR count). The molecule has 1 saturated heterocycles. The van der Waals surface area contributed by atoms with E-state index in [0.29, 0.717) is 12.5 Å². The Balaban J connectivity index is 1.66. The lowest BCUT2D eigenvalue weighted by molar-refractivity contribution is 0.0509. The van der Waals surface area contributed by atoms with Crippen molar-refractivity contribution < 1.29 is 9.53 Å². The fourth-order valence-corrected chi connectivity index (χ4v) is 2.64. The molecule has 22 heavy (non-hydrogen) atoms. The third-order valence-corrected chi connectivity index (χ3v) is 3.77. The predicted octanol–water partition coefficient (Wildman–Crippen LogP) is 2.82. The van der Waals surface area contributed by atoms with Gasteiger partial charge in [-0.15, -0.1) is 0 Å². The Hall–Kier alpha value is -1.62. The Kier molecular flexibility index (Phi) is 5.77. The average Bonchev–Trinajstić information content (AvgIpc) is 2.46. The van der Waals surface area contributed by atoms with Gasteiger partial charge in [-0.3, -0.25) is 9.88 Å². The van der Waals surface area contributed by atoms with Crippen LogP contribution in [0, 0.1) is 5.92 Å². The van der Waals surface area contributed by atoms with E-state index in [-0.39, 0.29) is 6.09 Å². The van der Waals surface area contributed by atoms with Gasteiger partial charge >= 0.3 is 6.09 Å². The quantitative estimate of drug-likeness (QED) is 0.929. The van der Waals surface area contributed by atoms with E-state index in [9.17, 15) is 4.79 Å². The molecule has 0 aliphatic carbocycles. The number of amides is 1. The van der Waals surface area contributed by atoms with Crippen LogP contribution in [0.15, 0.2) is 24.5 Å². The lowest BCUT2D eigenvalue weighted by atomic mass is 9.96. The van der Waals surface area contributed by atoms with Gasteiger partial charge in [-0.2, -0.15) is 0 Å². The molecule has 1 N–H and O–H groups in total. The summed E-state index contributed by atoms with van der Waals surface area (Å²) in [6.45, 7) is 9.43. The van der Waals surface area contributed by atoms with Gasteiger partial charge in [0.05, 0.1) is 0 Å². The van der Waals surface area contributed by atoms with E-state index in [1.807, 2.05) is 33.0 Å². The summed E-state index contributed by atoms with van der Waals surface area (Å²) in [6.07, 6.45) is 5.63. The zero-order chi connectivity index (χ0) is 16.0. The van der Waals surface area contributed by atoms with Gasteiger partial charge in [0.15, 0.2) is 0 Å². The number of hydrogen-bond acceptors (Lipinski definition) is 4. The number of carbonyl (C=O) groups excluding carboxylic acids is 1. The Morgan fingerprint density at radius 1 is 1.41 bits per heavy atom. The predicted molar refractivity (Wildman–Crippen MR) is 86.5 cm³/mol. The molecule has 0 saturated carbocycles. The number of ether oxygens (including phenoxy) is 1. The van der Waals surface area contributed by atoms with Gasteiger partial charge in [0.25, 0.3) is 0 Å². The van der Waals surface area contributed by atoms with E-state index in [2.05, 4.69) is 21.3 Å². The van der Waals surface area contributed by atoms with Crippen LogP contribution in [-0.4, -0.2) is 41.2 Å². The van der Waals surface area contributed by atoms with Crippen LogP contribution in [0.3, 0.4) is 0 Å². The second kappa shape index (κ2) is 7.58. The van der Waals surface area contributed by atoms with E-state index in [1.54, 1.807) is 6.20 Å². The first-order valence-corrected chi connectivity index (χ1v) is 8.00. The van der Waals surface area contributed by atoms with Crippen LogP contribution in [0.1, 0.15) is 39.2 Å². The molecule has 122 valence electrons. The van der Waals surface area contributed by atoms with Crippen molar-refractivity contribution in [1.29, 1.82) is 0 Å². The highest BCUT2D eigenvalue weighted by atomic mass is 16.6. The van der Waals surface area contributed by atoms with Crippen LogP contribution < -0.4 is 5.32 Å². The highest BCUT2D eigenvalue weighted by Crippen LogP contribution is 2.18. The first-order chi connectivity index (χ1) is 10.4. The molecule has 0 spiro atoms. The average molecular weight is 305 g/mol. The molecule has 1 aliphatic heterocycles. The van der Waals surface area contributed by atoms with Crippen LogP contribution in [0.2, 0.25) is 0 Å². The molecule has 0 atom stereocenters. The van der Waals surface area contributed by atoms with Crippen LogP contribution in [0.25, 0.3) is 0 Å². The summed E-state index contributed by atoms with van der Waals surface area (Å²) in [6, 6.07) is 4.09. The van der Waals surface area contributed by atoms with Crippen molar-refractivity contribution in [2.75, 3.05) is 19.6 Å². The van der Waals surface area contributed by atoms with Crippen LogP contribution in [-0.2, 0) is 11.3 Å². The highest BCUT2D eigenvalue weighted by Gasteiger charge is 2.21. The van der Waals surface area contributed by atoms with Crippen LogP contribution in [0.5, 0.6) is 0 Å². The van der Waals surface area contributed by atoms with Gasteiger partial charge < -0.3 is 10.1 Å². The largest absolute Gasteiger partial charge is 0.444 e. The third kappa shape index (κ3) is 6.02. The molecule has 0 radical (unpaired) electrons. The molecule has 1 fully saturated rings. The number of carbonyl (C=O) groups is 1. The number of rotatable bonds is 4. The van der Waals surface area contributed by atoms with Crippen molar-refractivity contribution in [3.63, 3.8) is 0 Å². The number of alkyl carbamates (subject to hydrolysis) is 1. The van der Waals surface area contributed by atoms with Crippen molar-refractivity contribution in [2.24, 2.45) is 5.92 Å². The molecule has 1 amide bonds. The summed E-state index contributed by atoms with van der Waals surface area (Å²) >= 11 is 0. The number of hydrogen-bond donors (Lipinski definition) is 1. The van der Waals surface area contributed by atoms with Crippen LogP contribution in [0.4, 0.5) is 4.79 Å². The van der Waals surface area contributed by atoms with Crippen molar-refractivity contribution in [3.05, 3.63) is 30.1 Å². The maximum absolute atomic E-state index is 11.7. The number of piperidine rings is 1. The second-order valence-electron chi connectivity index (χ2n) is 6.96. The minimum absolute atomic E-state index is 0.315. The maximum Gasteiger partial charge on any atom is 0.407 e. The molecule has 1 aromatic rings. The smallest absolute Gasteiger partial charge is 0.407 e. The zero-order valence-corrected chi connectivity index (χ0v) is 13.8. The third-order valence-electron chi connectivity index (χ3n) is 3.77. The molecule has 0 unspecified atom stereocenters. The number of likely N-dealkylation sites (tertiary alicyclic amines) is 1. The normalized spacial score (nSPS) is 17.2. The summed E-state index contributed by atoms with van der Waals surface area (Å²) in [5, 5.41) is 2.88. The maximum atomic E-state index is 11.7. The Bertz CT molecular complexity index is 463. The Morgan fingerprint density at radius 2 is 2.14 bits per heavy atom. The van der Waals surface area contributed by atoms with Gasteiger partial charge in [0.1, 0.15) is 5.60 Å². The summed E-state index contributed by atoms with van der Waals surface area (Å²) in [5.41, 5.74) is 0.824. The zero-order valence-electron chi connectivity index (χ0n) is 13.8. The summed E-state index contributed by atoms with van der Waals surface area (Å²) in [5.74, 6) is 0.540. The van der Waals surface area contributed by atoms with Gasteiger partial charge in [0.2, 0.25) is 0 Å². The number of pyridine rings is 1. The van der Waals surface area contributed by atoms with Gasteiger partial charge in [-0.25, -0.2) is 4.79 Å². The minimum Gasteiger partial charge on any atom is -0.444 e. The lowest BCUT2D eigenvalue weighted by Crippen LogP contribution is -2.40. The molecule has 0 bridgehead atoms. The fourth-order valence-electron chi connectivity index (χ4n) is 2.64. The van der Waals surface area contributed by atoms with E-state index in [0.717, 1.165) is 32.5 Å². The monoisotopic (exact) mass is 305 g/mol. The standard InChI is InChI=1S/C17H27N3O2/c1-17(2,3)22-16(21)19-12-14-6-9-20(10-7-14)13-15-5-4-8-18-11-15/h4-5,8,11,14H,6-7,9-10,12-13H2,1-3H3,(H,19,21). The van der Waals surface area contributed by atoms with E-state index in [4.69, 9.17) is 4.74 Å². The molecule has 0 aromatic carbocycles. The second-order valence-corrected chi connectivity index (χ2v) is 6.96. The minimum atomic E-state index is -0.433. The molecule has 5 heteroatoms. The van der Waals surface area contributed by atoms with Crippen LogP contribution >= 0.6 is 0 Å². The number of nitrogens with one attached hydrogen (secondary N) is 1.